The van der Waals surface area contributed by atoms with Crippen LogP contribution in [0.25, 0.3) is 0 Å². The van der Waals surface area contributed by atoms with Crippen LogP contribution in [0.15, 0.2) is 0 Å². The fourth-order valence-electron chi connectivity index (χ4n) is 5.28. The molecule has 1 aliphatic rings. The summed E-state index contributed by atoms with van der Waals surface area (Å²) in [5, 5.41) is 1.06. The maximum Gasteiger partial charge on any atom is 0.0138 e. The molecular formula is C32H64S. The molecule has 1 aliphatic heterocycles. The molecule has 33 heavy (non-hydrogen) atoms. The molecule has 0 aliphatic carbocycles. The van der Waals surface area contributed by atoms with Gasteiger partial charge in [0.05, 0.1) is 0 Å². The summed E-state index contributed by atoms with van der Waals surface area (Å²) in [5.41, 5.74) is 0. The molecule has 1 rings (SSSR count). The van der Waals surface area contributed by atoms with Crippen molar-refractivity contribution in [1.82, 2.24) is 0 Å². The monoisotopic (exact) mass is 480 g/mol. The summed E-state index contributed by atoms with van der Waals surface area (Å²) < 4.78 is 0. The molecule has 0 radical (unpaired) electrons. The normalized spacial score (nSPS) is 15.4. The molecule has 0 amide bonds. The van der Waals surface area contributed by atoms with E-state index in [2.05, 4.69) is 18.7 Å². The van der Waals surface area contributed by atoms with E-state index in [1.807, 2.05) is 0 Å². The first-order valence-corrected chi connectivity index (χ1v) is 17.1. The molecule has 0 nitrogen and oxygen atoms in total. The number of thioether (sulfide) groups is 1. The molecule has 0 bridgehead atoms. The van der Waals surface area contributed by atoms with Crippen molar-refractivity contribution in [3.05, 3.63) is 0 Å². The van der Waals surface area contributed by atoms with Gasteiger partial charge in [0, 0.05) is 11.0 Å². The quantitative estimate of drug-likeness (QED) is 0.0757. The highest BCUT2D eigenvalue weighted by Gasteiger charge is 2.20. The molecule has 0 aromatic rings. The Bertz CT molecular complexity index is 348. The zero-order valence-electron chi connectivity index (χ0n) is 23.2. The number of unbranched alkanes of at least 4 members (excludes halogenated alkanes) is 27. The third-order valence-electron chi connectivity index (χ3n) is 7.78. The van der Waals surface area contributed by atoms with E-state index >= 15 is 0 Å². The summed E-state index contributed by atoms with van der Waals surface area (Å²) in [6, 6.07) is 0. The maximum absolute atomic E-state index is 2.31. The van der Waals surface area contributed by atoms with Crippen LogP contribution in [0.3, 0.4) is 0 Å². The third kappa shape index (κ3) is 26.8. The van der Waals surface area contributed by atoms with Crippen LogP contribution in [0.5, 0.6) is 0 Å². The number of hydrogen-bond donors (Lipinski definition) is 0. The summed E-state index contributed by atoms with van der Waals surface area (Å²) in [4.78, 5) is 0. The van der Waals surface area contributed by atoms with Crippen LogP contribution in [0.2, 0.25) is 0 Å². The minimum absolute atomic E-state index is 1.06. The molecule has 0 aromatic heterocycles. The van der Waals surface area contributed by atoms with E-state index in [9.17, 15) is 0 Å². The molecule has 1 fully saturated rings. The lowest BCUT2D eigenvalue weighted by Gasteiger charge is -2.04. The summed E-state index contributed by atoms with van der Waals surface area (Å²) in [6.45, 7) is 2.31. The molecule has 198 valence electrons. The van der Waals surface area contributed by atoms with Crippen molar-refractivity contribution in [2.24, 2.45) is 0 Å². The van der Waals surface area contributed by atoms with Crippen LogP contribution >= 0.6 is 11.8 Å². The van der Waals surface area contributed by atoms with E-state index in [-0.39, 0.29) is 0 Å². The highest BCUT2D eigenvalue weighted by molar-refractivity contribution is 8.06. The Morgan fingerprint density at radius 2 is 0.576 bits per heavy atom. The molecule has 0 spiro atoms. The Labute approximate surface area is 215 Å². The Balaban J connectivity index is 1.58. The van der Waals surface area contributed by atoms with E-state index in [1.54, 1.807) is 0 Å². The van der Waals surface area contributed by atoms with Crippen molar-refractivity contribution < 1.29 is 0 Å². The molecule has 0 aromatic carbocycles. The van der Waals surface area contributed by atoms with E-state index in [1.165, 1.54) is 192 Å². The Morgan fingerprint density at radius 1 is 0.364 bits per heavy atom. The van der Waals surface area contributed by atoms with Crippen molar-refractivity contribution in [3.63, 3.8) is 0 Å². The van der Waals surface area contributed by atoms with Crippen molar-refractivity contribution in [3.8, 4) is 0 Å². The van der Waals surface area contributed by atoms with Crippen LogP contribution in [0, 0.1) is 0 Å². The fourth-order valence-corrected chi connectivity index (χ4v) is 5.91. The van der Waals surface area contributed by atoms with Crippen LogP contribution in [-0.2, 0) is 0 Å². The smallest absolute Gasteiger partial charge is 0.0138 e. The van der Waals surface area contributed by atoms with Gasteiger partial charge in [-0.05, 0) is 6.42 Å². The average molecular weight is 481 g/mol. The van der Waals surface area contributed by atoms with Crippen LogP contribution in [0.4, 0.5) is 0 Å². The number of rotatable bonds is 29. The summed E-state index contributed by atoms with van der Waals surface area (Å²) in [7, 11) is 0. The van der Waals surface area contributed by atoms with Gasteiger partial charge in [-0.25, -0.2) is 0 Å². The van der Waals surface area contributed by atoms with E-state index in [0.717, 1.165) is 5.25 Å². The first-order chi connectivity index (χ1) is 16.4. The average Bonchev–Trinajstić information content (AvgIpc) is 3.65. The van der Waals surface area contributed by atoms with Gasteiger partial charge in [-0.3, -0.25) is 0 Å². The van der Waals surface area contributed by atoms with Gasteiger partial charge >= 0.3 is 0 Å². The SMILES string of the molecule is CCCCCCCCCCCCCCCCCCCCCCCCCCCCCCC1CS1. The lowest BCUT2D eigenvalue weighted by Crippen LogP contribution is -1.86. The van der Waals surface area contributed by atoms with Gasteiger partial charge in [-0.1, -0.05) is 187 Å². The fraction of sp³-hybridized carbons (Fsp3) is 1.00. The first kappa shape index (κ1) is 31.4. The van der Waals surface area contributed by atoms with Crippen molar-refractivity contribution in [2.75, 3.05) is 5.75 Å². The van der Waals surface area contributed by atoms with Crippen molar-refractivity contribution in [2.45, 2.75) is 198 Å². The molecule has 1 unspecified atom stereocenters. The molecule has 1 heteroatoms. The summed E-state index contributed by atoms with van der Waals surface area (Å²) in [6.07, 6.45) is 43.2. The molecule has 1 saturated heterocycles. The Morgan fingerprint density at radius 3 is 0.788 bits per heavy atom. The predicted octanol–water partition coefficient (Wildman–Crippen LogP) is 12.4. The largest absolute Gasteiger partial charge is 0.157 e. The van der Waals surface area contributed by atoms with Gasteiger partial charge in [-0.15, -0.1) is 0 Å². The summed E-state index contributed by atoms with van der Waals surface area (Å²) >= 11 is 2.16. The zero-order chi connectivity index (χ0) is 23.5. The van der Waals surface area contributed by atoms with Gasteiger partial charge in [0.1, 0.15) is 0 Å². The third-order valence-corrected chi connectivity index (χ3v) is 8.82. The van der Waals surface area contributed by atoms with Crippen LogP contribution in [-0.4, -0.2) is 11.0 Å². The molecule has 0 N–H and O–H groups in total. The minimum Gasteiger partial charge on any atom is -0.157 e. The van der Waals surface area contributed by atoms with E-state index in [4.69, 9.17) is 0 Å². The Kier molecular flexibility index (Phi) is 25.6. The first-order valence-electron chi connectivity index (χ1n) is 16.0. The van der Waals surface area contributed by atoms with Crippen LogP contribution in [0.1, 0.15) is 193 Å². The minimum atomic E-state index is 1.06. The Hall–Kier alpha value is 0.350. The highest BCUT2D eigenvalue weighted by Crippen LogP contribution is 2.34. The number of hydrogen-bond acceptors (Lipinski definition) is 1. The van der Waals surface area contributed by atoms with E-state index in [0.29, 0.717) is 0 Å². The van der Waals surface area contributed by atoms with Crippen molar-refractivity contribution >= 4 is 11.8 Å². The lowest BCUT2D eigenvalue weighted by molar-refractivity contribution is 0.513. The molecule has 0 saturated carbocycles. The topological polar surface area (TPSA) is 0 Å². The standard InChI is InChI=1S/C32H64S/c1-2-3-4-5-6-7-8-9-10-11-12-13-14-15-16-17-18-19-20-21-22-23-24-25-26-27-28-29-30-32-31-33-32/h32H,2-31H2,1H3. The molecule has 1 atom stereocenters. The van der Waals surface area contributed by atoms with Gasteiger partial charge in [-0.2, -0.15) is 11.8 Å². The second-order valence-electron chi connectivity index (χ2n) is 11.3. The maximum atomic E-state index is 2.31. The van der Waals surface area contributed by atoms with Gasteiger partial charge < -0.3 is 0 Å². The predicted molar refractivity (Wildman–Crippen MR) is 156 cm³/mol. The summed E-state index contributed by atoms with van der Waals surface area (Å²) in [5.74, 6) is 1.46. The lowest BCUT2D eigenvalue weighted by atomic mass is 10.0. The molecular weight excluding hydrogens is 416 g/mol. The second-order valence-corrected chi connectivity index (χ2v) is 12.6. The van der Waals surface area contributed by atoms with Gasteiger partial charge in [0.15, 0.2) is 0 Å². The molecule has 1 heterocycles. The van der Waals surface area contributed by atoms with Gasteiger partial charge in [0.2, 0.25) is 0 Å². The highest BCUT2D eigenvalue weighted by atomic mass is 32.2. The van der Waals surface area contributed by atoms with Gasteiger partial charge in [0.25, 0.3) is 0 Å². The second kappa shape index (κ2) is 26.9. The van der Waals surface area contributed by atoms with Crippen molar-refractivity contribution in [1.29, 1.82) is 0 Å². The van der Waals surface area contributed by atoms with E-state index < -0.39 is 0 Å². The zero-order valence-corrected chi connectivity index (χ0v) is 24.0. The van der Waals surface area contributed by atoms with Crippen LogP contribution < -0.4 is 0 Å².